The Balaban J connectivity index is 1.94. The second-order valence-corrected chi connectivity index (χ2v) is 5.32. The number of nitrogens with zero attached hydrogens (tertiary/aromatic N) is 4. The van der Waals surface area contributed by atoms with E-state index < -0.39 is 0 Å². The summed E-state index contributed by atoms with van der Waals surface area (Å²) in [5, 5.41) is 13.0. The maximum atomic E-state index is 5.78. The van der Waals surface area contributed by atoms with E-state index >= 15 is 0 Å². The van der Waals surface area contributed by atoms with E-state index in [9.17, 15) is 0 Å². The molecule has 0 fully saturated rings. The molecule has 0 bridgehead atoms. The molecule has 2 rings (SSSR count). The average Bonchev–Trinajstić information content (AvgIpc) is 2.86. The molecule has 2 heterocycles. The number of anilines is 1. The molecule has 100 valence electrons. The van der Waals surface area contributed by atoms with Crippen LogP contribution in [-0.4, -0.2) is 21.1 Å². The van der Waals surface area contributed by atoms with E-state index in [0.29, 0.717) is 24.2 Å². The number of hydrogen-bond donors (Lipinski definition) is 2. The van der Waals surface area contributed by atoms with Gasteiger partial charge < -0.3 is 11.1 Å². The summed E-state index contributed by atoms with van der Waals surface area (Å²) in [7, 11) is 0. The van der Waals surface area contributed by atoms with E-state index in [1.807, 2.05) is 18.2 Å². The van der Waals surface area contributed by atoms with Crippen LogP contribution in [0.25, 0.3) is 0 Å². The molecule has 2 aromatic rings. The quantitative estimate of drug-likeness (QED) is 0.658. The van der Waals surface area contributed by atoms with Crippen molar-refractivity contribution >= 4 is 23.1 Å². The molecule has 0 spiro atoms. The van der Waals surface area contributed by atoms with Gasteiger partial charge in [-0.05, 0) is 12.1 Å². The van der Waals surface area contributed by atoms with E-state index in [1.54, 1.807) is 17.5 Å². The van der Waals surface area contributed by atoms with E-state index in [4.69, 9.17) is 5.73 Å². The van der Waals surface area contributed by atoms with E-state index in [0.717, 1.165) is 10.0 Å². The maximum absolute atomic E-state index is 5.78. The third-order valence-electron chi connectivity index (χ3n) is 2.28. The smallest absolute Gasteiger partial charge is 0.194 e. The van der Waals surface area contributed by atoms with E-state index in [-0.39, 0.29) is 0 Å². The van der Waals surface area contributed by atoms with Crippen LogP contribution in [0, 0.1) is 0 Å². The minimum atomic E-state index is 0.319. The Bertz CT molecular complexity index is 548. The average molecular weight is 276 g/mol. The second kappa shape index (κ2) is 6.24. The van der Waals surface area contributed by atoms with Crippen LogP contribution >= 0.6 is 11.3 Å². The predicted molar refractivity (Wildman–Crippen MR) is 77.2 cm³/mol. The van der Waals surface area contributed by atoms with Gasteiger partial charge in [-0.2, -0.15) is 0 Å². The Morgan fingerprint density at radius 3 is 2.89 bits per heavy atom. The van der Waals surface area contributed by atoms with Crippen LogP contribution in [0.2, 0.25) is 0 Å². The Labute approximate surface area is 115 Å². The molecule has 0 unspecified atom stereocenters. The number of pyridine rings is 1. The van der Waals surface area contributed by atoms with Gasteiger partial charge in [0.15, 0.2) is 5.96 Å². The number of hydrogen-bond acceptors (Lipinski definition) is 5. The number of rotatable bonds is 4. The van der Waals surface area contributed by atoms with Gasteiger partial charge in [-0.15, -0.1) is 10.2 Å². The summed E-state index contributed by atoms with van der Waals surface area (Å²) in [5.74, 6) is 1.38. The van der Waals surface area contributed by atoms with Crippen molar-refractivity contribution in [2.75, 3.05) is 5.32 Å². The Morgan fingerprint density at radius 2 is 2.26 bits per heavy atom. The first-order chi connectivity index (χ1) is 9.15. The largest absolute Gasteiger partial charge is 0.370 e. The summed E-state index contributed by atoms with van der Waals surface area (Å²) in [6.07, 6.45) is 1.69. The van der Waals surface area contributed by atoms with Crippen molar-refractivity contribution in [3.8, 4) is 0 Å². The van der Waals surface area contributed by atoms with Gasteiger partial charge >= 0.3 is 0 Å². The Morgan fingerprint density at radius 1 is 1.42 bits per heavy atom. The van der Waals surface area contributed by atoms with Crippen LogP contribution in [0.5, 0.6) is 0 Å². The highest BCUT2D eigenvalue weighted by molar-refractivity contribution is 7.11. The lowest BCUT2D eigenvalue weighted by Crippen LogP contribution is -2.23. The Kier molecular flexibility index (Phi) is 4.40. The van der Waals surface area contributed by atoms with Crippen molar-refractivity contribution in [2.45, 2.75) is 26.3 Å². The number of guanidine groups is 1. The fourth-order valence-electron chi connectivity index (χ4n) is 1.32. The van der Waals surface area contributed by atoms with Gasteiger partial charge in [-0.3, -0.25) is 0 Å². The predicted octanol–water partition coefficient (Wildman–Crippen LogP) is 1.98. The zero-order chi connectivity index (χ0) is 13.7. The second-order valence-electron chi connectivity index (χ2n) is 4.23. The lowest BCUT2D eigenvalue weighted by molar-refractivity contribution is 0.816. The molecule has 0 amide bonds. The molecular formula is C12H16N6S. The molecule has 0 aliphatic carbocycles. The molecule has 19 heavy (non-hydrogen) atoms. The monoisotopic (exact) mass is 276 g/mol. The zero-order valence-corrected chi connectivity index (χ0v) is 11.7. The van der Waals surface area contributed by atoms with Gasteiger partial charge in [0.1, 0.15) is 15.8 Å². The van der Waals surface area contributed by atoms with Crippen LogP contribution in [0.1, 0.15) is 29.8 Å². The van der Waals surface area contributed by atoms with Crippen LogP contribution in [-0.2, 0) is 6.54 Å². The molecule has 7 heteroatoms. The molecule has 0 saturated carbocycles. The van der Waals surface area contributed by atoms with Crippen molar-refractivity contribution in [1.82, 2.24) is 15.2 Å². The van der Waals surface area contributed by atoms with Crippen LogP contribution in [0.15, 0.2) is 29.4 Å². The van der Waals surface area contributed by atoms with Crippen molar-refractivity contribution in [2.24, 2.45) is 10.7 Å². The van der Waals surface area contributed by atoms with Gasteiger partial charge in [0.2, 0.25) is 0 Å². The number of nitrogens with one attached hydrogen (secondary N) is 1. The normalized spacial score (nSPS) is 11.8. The Hall–Kier alpha value is -2.02. The molecule has 2 aromatic heterocycles. The molecule has 0 aliphatic heterocycles. The number of aromatic nitrogens is 3. The fourth-order valence-corrected chi connectivity index (χ4v) is 2.09. The zero-order valence-electron chi connectivity index (χ0n) is 10.9. The number of nitrogens with two attached hydrogens (primary N) is 1. The molecular weight excluding hydrogens is 260 g/mol. The van der Waals surface area contributed by atoms with Crippen molar-refractivity contribution in [1.29, 1.82) is 0 Å². The van der Waals surface area contributed by atoms with Gasteiger partial charge in [-0.25, -0.2) is 9.98 Å². The van der Waals surface area contributed by atoms with Crippen molar-refractivity contribution in [3.05, 3.63) is 34.4 Å². The highest BCUT2D eigenvalue weighted by Crippen LogP contribution is 2.19. The molecule has 0 aliphatic rings. The summed E-state index contributed by atoms with van der Waals surface area (Å²) in [5.41, 5.74) is 5.78. The third-order valence-corrected chi connectivity index (χ3v) is 3.49. The lowest BCUT2D eigenvalue weighted by Gasteiger charge is -2.02. The van der Waals surface area contributed by atoms with Gasteiger partial charge in [0.05, 0.1) is 6.54 Å². The third kappa shape index (κ3) is 3.99. The molecule has 0 atom stereocenters. The molecule has 0 saturated heterocycles. The summed E-state index contributed by atoms with van der Waals surface area (Å²) < 4.78 is 0. The first-order valence-corrected chi connectivity index (χ1v) is 6.77. The fraction of sp³-hybridized carbons (Fsp3) is 0.333. The molecule has 3 N–H and O–H groups in total. The first-order valence-electron chi connectivity index (χ1n) is 5.95. The van der Waals surface area contributed by atoms with Crippen LogP contribution < -0.4 is 11.1 Å². The van der Waals surface area contributed by atoms with E-state index in [2.05, 4.69) is 39.3 Å². The highest BCUT2D eigenvalue weighted by atomic mass is 32.1. The molecule has 6 nitrogen and oxygen atoms in total. The number of aliphatic imine (C=N–C) groups is 1. The van der Waals surface area contributed by atoms with Gasteiger partial charge in [0.25, 0.3) is 0 Å². The standard InChI is InChI=1S/C12H16N6S/c1-8(2)11-18-17-10(19-11)7-15-12(13)16-9-5-3-4-6-14-9/h3-6,8H,7H2,1-2H3,(H3,13,14,15,16). The highest BCUT2D eigenvalue weighted by Gasteiger charge is 2.07. The topological polar surface area (TPSA) is 89.1 Å². The first kappa shape index (κ1) is 13.4. The van der Waals surface area contributed by atoms with E-state index in [1.165, 1.54) is 0 Å². The minimum Gasteiger partial charge on any atom is -0.370 e. The molecule has 0 radical (unpaired) electrons. The summed E-state index contributed by atoms with van der Waals surface area (Å²) >= 11 is 1.56. The molecule has 0 aromatic carbocycles. The lowest BCUT2D eigenvalue weighted by atomic mass is 10.2. The summed E-state index contributed by atoms with van der Waals surface area (Å²) in [4.78, 5) is 8.32. The maximum Gasteiger partial charge on any atom is 0.194 e. The SMILES string of the molecule is CC(C)c1nnc(CN=C(N)Nc2ccccn2)s1. The summed E-state index contributed by atoms with van der Waals surface area (Å²) in [6.45, 7) is 4.60. The summed E-state index contributed by atoms with van der Waals surface area (Å²) in [6, 6.07) is 5.54. The van der Waals surface area contributed by atoms with Crippen LogP contribution in [0.4, 0.5) is 5.82 Å². The van der Waals surface area contributed by atoms with Gasteiger partial charge in [-0.1, -0.05) is 31.3 Å². The van der Waals surface area contributed by atoms with Crippen molar-refractivity contribution in [3.63, 3.8) is 0 Å². The minimum absolute atomic E-state index is 0.319. The van der Waals surface area contributed by atoms with Crippen LogP contribution in [0.3, 0.4) is 0 Å². The van der Waals surface area contributed by atoms with Crippen molar-refractivity contribution < 1.29 is 0 Å². The van der Waals surface area contributed by atoms with Gasteiger partial charge in [0, 0.05) is 12.1 Å².